The molecule has 2 aromatic carbocycles. The molecule has 7 heteroatoms. The lowest BCUT2D eigenvalue weighted by molar-refractivity contribution is -0.142. The quantitative estimate of drug-likeness (QED) is 0.672. The Morgan fingerprint density at radius 1 is 0.818 bits per heavy atom. The smallest absolute Gasteiger partial charge is 0.318 e. The third-order valence-corrected chi connectivity index (χ3v) is 6.35. The average Bonchev–Trinajstić information content (AvgIpc) is 3.54. The van der Waals surface area contributed by atoms with E-state index in [0.29, 0.717) is 39.1 Å². The van der Waals surface area contributed by atoms with Crippen molar-refractivity contribution < 1.29 is 19.1 Å². The Morgan fingerprint density at radius 3 is 2.12 bits per heavy atom. The van der Waals surface area contributed by atoms with Gasteiger partial charge in [0.15, 0.2) is 5.78 Å². The summed E-state index contributed by atoms with van der Waals surface area (Å²) < 4.78 is 5.62. The van der Waals surface area contributed by atoms with Crippen molar-refractivity contribution in [3.63, 3.8) is 0 Å². The lowest BCUT2D eigenvalue weighted by Gasteiger charge is -2.31. The van der Waals surface area contributed by atoms with Gasteiger partial charge in [0.25, 0.3) is 0 Å². The summed E-state index contributed by atoms with van der Waals surface area (Å²) in [5.41, 5.74) is 2.02. The van der Waals surface area contributed by atoms with Gasteiger partial charge in [0.2, 0.25) is 5.91 Å². The molecule has 4 rings (SSSR count). The van der Waals surface area contributed by atoms with Crippen molar-refractivity contribution in [1.29, 1.82) is 0 Å². The van der Waals surface area contributed by atoms with Crippen molar-refractivity contribution in [3.05, 3.63) is 71.8 Å². The fourth-order valence-electron chi connectivity index (χ4n) is 4.64. The van der Waals surface area contributed by atoms with Gasteiger partial charge in [-0.25, -0.2) is 4.79 Å². The Kier molecular flexibility index (Phi) is 7.73. The number of urea groups is 1. The van der Waals surface area contributed by atoms with Crippen LogP contribution >= 0.6 is 0 Å². The van der Waals surface area contributed by atoms with Crippen molar-refractivity contribution in [1.82, 2.24) is 15.1 Å². The topological polar surface area (TPSA) is 79.0 Å². The van der Waals surface area contributed by atoms with E-state index in [-0.39, 0.29) is 24.3 Å². The number of nitrogens with one attached hydrogen (secondary N) is 1. The highest BCUT2D eigenvalue weighted by Crippen LogP contribution is 2.25. The highest BCUT2D eigenvalue weighted by Gasteiger charge is 2.41. The van der Waals surface area contributed by atoms with Gasteiger partial charge in [-0.2, -0.15) is 0 Å². The van der Waals surface area contributed by atoms with E-state index >= 15 is 0 Å². The number of carbonyl (C=O) groups excluding carboxylic acids is 3. The monoisotopic (exact) mass is 449 g/mol. The summed E-state index contributed by atoms with van der Waals surface area (Å²) in [5, 5.41) is 2.92. The molecule has 2 atom stereocenters. The van der Waals surface area contributed by atoms with Crippen LogP contribution in [0.25, 0.3) is 0 Å². The minimum absolute atomic E-state index is 0.0186. The van der Waals surface area contributed by atoms with E-state index in [0.717, 1.165) is 24.0 Å². The summed E-state index contributed by atoms with van der Waals surface area (Å²) >= 11 is 0. The summed E-state index contributed by atoms with van der Waals surface area (Å²) in [6.45, 7) is 1.86. The van der Waals surface area contributed by atoms with Gasteiger partial charge in [-0.1, -0.05) is 60.7 Å². The van der Waals surface area contributed by atoms with Gasteiger partial charge >= 0.3 is 6.03 Å². The molecule has 2 saturated heterocycles. The maximum absolute atomic E-state index is 13.4. The Labute approximate surface area is 194 Å². The van der Waals surface area contributed by atoms with Crippen LogP contribution in [0, 0.1) is 0 Å². The third-order valence-electron chi connectivity index (χ3n) is 6.35. The molecule has 7 nitrogen and oxygen atoms in total. The molecule has 0 saturated carbocycles. The van der Waals surface area contributed by atoms with Crippen LogP contribution in [-0.2, 0) is 27.5 Å². The lowest BCUT2D eigenvalue weighted by Crippen LogP contribution is -2.53. The number of hydrogen-bond acceptors (Lipinski definition) is 4. The molecule has 0 aliphatic carbocycles. The van der Waals surface area contributed by atoms with E-state index in [2.05, 4.69) is 5.32 Å². The third kappa shape index (κ3) is 5.79. The molecule has 2 aliphatic heterocycles. The summed E-state index contributed by atoms with van der Waals surface area (Å²) in [7, 11) is 0. The number of nitrogens with zero attached hydrogens (tertiary/aromatic N) is 2. The molecular formula is C26H31N3O4. The zero-order valence-corrected chi connectivity index (χ0v) is 18.8. The molecule has 2 unspecified atom stereocenters. The van der Waals surface area contributed by atoms with Gasteiger partial charge in [-0.05, 0) is 36.8 Å². The lowest BCUT2D eigenvalue weighted by atomic mass is 10.1. The van der Waals surface area contributed by atoms with Crippen LogP contribution in [0.3, 0.4) is 0 Å². The number of ketones is 1. The summed E-state index contributed by atoms with van der Waals surface area (Å²) in [5.74, 6) is -0.198. The van der Waals surface area contributed by atoms with Gasteiger partial charge in [-0.3, -0.25) is 9.59 Å². The molecular weight excluding hydrogens is 418 g/mol. The largest absolute Gasteiger partial charge is 0.369 e. The number of hydrogen-bond donors (Lipinski definition) is 1. The molecule has 0 radical (unpaired) electrons. The van der Waals surface area contributed by atoms with E-state index < -0.39 is 12.1 Å². The predicted molar refractivity (Wildman–Crippen MR) is 124 cm³/mol. The fraction of sp³-hybridized carbons (Fsp3) is 0.423. The number of amides is 3. The molecule has 2 fully saturated rings. The summed E-state index contributed by atoms with van der Waals surface area (Å²) in [6, 6.07) is 18.2. The van der Waals surface area contributed by atoms with E-state index in [4.69, 9.17) is 4.74 Å². The predicted octanol–water partition coefficient (Wildman–Crippen LogP) is 3.14. The van der Waals surface area contributed by atoms with Crippen LogP contribution < -0.4 is 5.32 Å². The molecule has 0 aromatic heterocycles. The second-order valence-electron chi connectivity index (χ2n) is 8.63. The number of rotatable bonds is 8. The second-order valence-corrected chi connectivity index (χ2v) is 8.63. The van der Waals surface area contributed by atoms with Crippen LogP contribution in [0.2, 0.25) is 0 Å². The van der Waals surface area contributed by atoms with Gasteiger partial charge in [0, 0.05) is 19.6 Å². The van der Waals surface area contributed by atoms with Crippen LogP contribution in [0.1, 0.15) is 36.8 Å². The Balaban J connectivity index is 1.31. The van der Waals surface area contributed by atoms with Crippen molar-refractivity contribution in [2.75, 3.05) is 19.7 Å². The second kappa shape index (κ2) is 11.1. The Bertz CT molecular complexity index is 951. The number of ether oxygens (including phenoxy) is 1. The number of benzene rings is 2. The van der Waals surface area contributed by atoms with Crippen LogP contribution in [0.15, 0.2) is 60.7 Å². The van der Waals surface area contributed by atoms with Crippen LogP contribution in [-0.4, -0.2) is 59.3 Å². The standard InChI is InChI=1S/C26H31N3O4/c30-24(19-33-18-21-11-5-2-6-12-21)22-13-7-15-28(22)25(31)23-14-8-16-29(23)26(32)27-17-20-9-3-1-4-10-20/h1-6,9-12,22-23H,7-8,13-19H2,(H,27,32). The first kappa shape index (κ1) is 23.0. The SMILES string of the molecule is O=C(COCc1ccccc1)C1CCCN1C(=O)C1CCCN1C(=O)NCc1ccccc1. The zero-order valence-electron chi connectivity index (χ0n) is 18.8. The van der Waals surface area contributed by atoms with E-state index in [9.17, 15) is 14.4 Å². The minimum Gasteiger partial charge on any atom is -0.369 e. The molecule has 3 amide bonds. The van der Waals surface area contributed by atoms with Gasteiger partial charge < -0.3 is 19.9 Å². The molecule has 0 spiro atoms. The highest BCUT2D eigenvalue weighted by atomic mass is 16.5. The maximum Gasteiger partial charge on any atom is 0.318 e. The van der Waals surface area contributed by atoms with Crippen molar-refractivity contribution in [3.8, 4) is 0 Å². The van der Waals surface area contributed by atoms with Crippen molar-refractivity contribution in [2.24, 2.45) is 0 Å². The maximum atomic E-state index is 13.4. The molecule has 1 N–H and O–H groups in total. The first-order valence-corrected chi connectivity index (χ1v) is 11.7. The minimum atomic E-state index is -0.514. The normalized spacial score (nSPS) is 20.1. The first-order chi connectivity index (χ1) is 16.1. The number of likely N-dealkylation sites (tertiary alicyclic amines) is 2. The van der Waals surface area contributed by atoms with Gasteiger partial charge in [0.05, 0.1) is 12.6 Å². The molecule has 33 heavy (non-hydrogen) atoms. The Morgan fingerprint density at radius 2 is 1.42 bits per heavy atom. The van der Waals surface area contributed by atoms with E-state index in [1.54, 1.807) is 9.80 Å². The van der Waals surface area contributed by atoms with Crippen LogP contribution in [0.5, 0.6) is 0 Å². The van der Waals surface area contributed by atoms with Crippen molar-refractivity contribution >= 4 is 17.7 Å². The van der Waals surface area contributed by atoms with Gasteiger partial charge in [0.1, 0.15) is 12.6 Å². The molecule has 174 valence electrons. The summed E-state index contributed by atoms with van der Waals surface area (Å²) in [4.78, 5) is 42.3. The number of Topliss-reactive ketones (excluding diaryl/α,β-unsaturated/α-hetero) is 1. The molecule has 0 bridgehead atoms. The number of carbonyl (C=O) groups is 3. The highest BCUT2D eigenvalue weighted by molar-refractivity contribution is 5.93. The fourth-order valence-corrected chi connectivity index (χ4v) is 4.64. The molecule has 2 heterocycles. The van der Waals surface area contributed by atoms with Crippen molar-refractivity contribution in [2.45, 2.75) is 50.9 Å². The van der Waals surface area contributed by atoms with E-state index in [1.165, 1.54) is 0 Å². The summed E-state index contributed by atoms with van der Waals surface area (Å²) in [6.07, 6.45) is 2.83. The van der Waals surface area contributed by atoms with Gasteiger partial charge in [-0.15, -0.1) is 0 Å². The molecule has 2 aromatic rings. The van der Waals surface area contributed by atoms with E-state index in [1.807, 2.05) is 60.7 Å². The Hall–Kier alpha value is -3.19. The molecule has 2 aliphatic rings. The van der Waals surface area contributed by atoms with Crippen LogP contribution in [0.4, 0.5) is 4.79 Å². The first-order valence-electron chi connectivity index (χ1n) is 11.7. The average molecular weight is 450 g/mol. The zero-order chi connectivity index (χ0) is 23.0.